The van der Waals surface area contributed by atoms with E-state index in [-0.39, 0.29) is 18.0 Å². The van der Waals surface area contributed by atoms with Crippen LogP contribution < -0.4 is 10.5 Å². The minimum absolute atomic E-state index is 0.0230. The molecule has 7 heteroatoms. The molecule has 0 bridgehead atoms. The van der Waals surface area contributed by atoms with Gasteiger partial charge in [-0.2, -0.15) is 0 Å². The van der Waals surface area contributed by atoms with Crippen LogP contribution in [0.4, 0.5) is 13.2 Å². The highest BCUT2D eigenvalue weighted by Crippen LogP contribution is 2.29. The maximum Gasteiger partial charge on any atom is 0.573 e. The zero-order chi connectivity index (χ0) is 11.6. The second-order valence-corrected chi connectivity index (χ2v) is 3.88. The molecule has 15 heavy (non-hydrogen) atoms. The summed E-state index contributed by atoms with van der Waals surface area (Å²) in [4.78, 5) is 3.87. The largest absolute Gasteiger partial charge is 0.573 e. The van der Waals surface area contributed by atoms with E-state index >= 15 is 0 Å². The van der Waals surface area contributed by atoms with Crippen LogP contribution in [-0.4, -0.2) is 11.3 Å². The lowest BCUT2D eigenvalue weighted by Gasteiger charge is -2.14. The van der Waals surface area contributed by atoms with Crippen LogP contribution in [0.25, 0.3) is 0 Å². The number of alkyl halides is 3. The number of aryl methyl sites for hydroxylation is 1. The summed E-state index contributed by atoms with van der Waals surface area (Å²) < 4.78 is 40.6. The summed E-state index contributed by atoms with van der Waals surface area (Å²) in [6.07, 6.45) is -4.72. The van der Waals surface area contributed by atoms with Crippen LogP contribution in [0.3, 0.4) is 0 Å². The van der Waals surface area contributed by atoms with Gasteiger partial charge in [0.25, 0.3) is 0 Å². The predicted octanol–water partition coefficient (Wildman–Crippen LogP) is 2.35. The Morgan fingerprint density at radius 1 is 1.53 bits per heavy atom. The Balaban J connectivity index is 3.15. The number of ether oxygens (including phenoxy) is 1. The first kappa shape index (κ1) is 12.5. The second-order valence-electron chi connectivity index (χ2n) is 2.77. The van der Waals surface area contributed by atoms with Crippen LogP contribution in [0.15, 0.2) is 6.07 Å². The molecule has 1 rings (SSSR count). The summed E-state index contributed by atoms with van der Waals surface area (Å²) >= 11 is 1.90. The average Bonchev–Trinajstić information content (AvgIpc) is 2.07. The first-order valence-corrected chi connectivity index (χ1v) is 5.03. The van der Waals surface area contributed by atoms with Gasteiger partial charge in [-0.15, -0.1) is 13.2 Å². The summed E-state index contributed by atoms with van der Waals surface area (Å²) in [5.74, 6) is -0.301. The van der Waals surface area contributed by atoms with Gasteiger partial charge in [-0.05, 0) is 35.6 Å². The van der Waals surface area contributed by atoms with Gasteiger partial charge < -0.3 is 10.5 Å². The fraction of sp³-hybridized carbons (Fsp3) is 0.375. The molecule has 0 radical (unpaired) electrons. The van der Waals surface area contributed by atoms with Gasteiger partial charge in [-0.3, -0.25) is 0 Å². The standard InChI is InChI=1S/C8H8F3IN2O/c1-4-7(15-8(9,10)11)5(3-13)2-6(12)14-4/h2H,3,13H2,1H3. The van der Waals surface area contributed by atoms with Crippen LogP contribution >= 0.6 is 22.6 Å². The van der Waals surface area contributed by atoms with Crippen molar-refractivity contribution < 1.29 is 17.9 Å². The average molecular weight is 332 g/mol. The number of pyridine rings is 1. The molecular weight excluding hydrogens is 324 g/mol. The zero-order valence-electron chi connectivity index (χ0n) is 7.73. The Morgan fingerprint density at radius 3 is 2.60 bits per heavy atom. The lowest BCUT2D eigenvalue weighted by Crippen LogP contribution is -2.20. The fourth-order valence-electron chi connectivity index (χ4n) is 1.09. The van der Waals surface area contributed by atoms with E-state index in [1.807, 2.05) is 22.6 Å². The van der Waals surface area contributed by atoms with E-state index in [1.165, 1.54) is 13.0 Å². The third-order valence-electron chi connectivity index (χ3n) is 1.63. The molecule has 0 saturated heterocycles. The maximum absolute atomic E-state index is 12.0. The van der Waals surface area contributed by atoms with Gasteiger partial charge in [0.05, 0.1) is 5.69 Å². The first-order valence-electron chi connectivity index (χ1n) is 3.95. The van der Waals surface area contributed by atoms with Crippen molar-refractivity contribution in [3.8, 4) is 5.75 Å². The number of hydrogen-bond donors (Lipinski definition) is 1. The van der Waals surface area contributed by atoms with Crippen LogP contribution in [0.2, 0.25) is 0 Å². The van der Waals surface area contributed by atoms with Gasteiger partial charge in [-0.25, -0.2) is 4.98 Å². The van der Waals surface area contributed by atoms with Gasteiger partial charge in [0.2, 0.25) is 0 Å². The molecule has 1 heterocycles. The van der Waals surface area contributed by atoms with E-state index in [0.717, 1.165) is 0 Å². The molecule has 1 aromatic rings. The third-order valence-corrected chi connectivity index (χ3v) is 2.18. The van der Waals surface area contributed by atoms with Crippen LogP contribution in [0.5, 0.6) is 5.75 Å². The summed E-state index contributed by atoms with van der Waals surface area (Å²) in [6.45, 7) is 1.42. The fourth-order valence-corrected chi connectivity index (χ4v) is 1.83. The number of nitrogens with two attached hydrogens (primary N) is 1. The highest BCUT2D eigenvalue weighted by Gasteiger charge is 2.33. The van der Waals surface area contributed by atoms with Gasteiger partial charge in [0, 0.05) is 12.1 Å². The normalized spacial score (nSPS) is 11.6. The zero-order valence-corrected chi connectivity index (χ0v) is 9.89. The first-order chi connectivity index (χ1) is 6.83. The Labute approximate surface area is 98.0 Å². The highest BCUT2D eigenvalue weighted by molar-refractivity contribution is 14.1. The minimum Gasteiger partial charge on any atom is -0.403 e. The number of rotatable bonds is 2. The van der Waals surface area contributed by atoms with Crippen molar-refractivity contribution in [2.24, 2.45) is 5.73 Å². The molecule has 0 saturated carbocycles. The molecule has 0 amide bonds. The summed E-state index contributed by atoms with van der Waals surface area (Å²) in [5.41, 5.74) is 5.80. The van der Waals surface area contributed by atoms with Crippen molar-refractivity contribution in [2.75, 3.05) is 0 Å². The molecule has 3 nitrogen and oxygen atoms in total. The van der Waals surface area contributed by atoms with Crippen LogP contribution in [0.1, 0.15) is 11.3 Å². The molecule has 0 aliphatic rings. The number of halogens is 4. The molecule has 0 spiro atoms. The van der Waals surface area contributed by atoms with Gasteiger partial charge >= 0.3 is 6.36 Å². The summed E-state index contributed by atoms with van der Waals surface area (Å²) in [7, 11) is 0. The minimum atomic E-state index is -4.72. The van der Waals surface area contributed by atoms with E-state index in [9.17, 15) is 13.2 Å². The Bertz CT molecular complexity index is 368. The van der Waals surface area contributed by atoms with Crippen molar-refractivity contribution in [3.63, 3.8) is 0 Å². The molecule has 0 aliphatic heterocycles. The SMILES string of the molecule is Cc1nc(I)cc(CN)c1OC(F)(F)F. The van der Waals surface area contributed by atoms with Crippen molar-refractivity contribution in [1.29, 1.82) is 0 Å². The Hall–Kier alpha value is -0.570. The van der Waals surface area contributed by atoms with E-state index < -0.39 is 6.36 Å². The van der Waals surface area contributed by atoms with Crippen molar-refractivity contribution >= 4 is 22.6 Å². The van der Waals surface area contributed by atoms with Gasteiger partial charge in [0.1, 0.15) is 3.70 Å². The van der Waals surface area contributed by atoms with E-state index in [2.05, 4.69) is 9.72 Å². The van der Waals surface area contributed by atoms with Crippen LogP contribution in [0, 0.1) is 10.6 Å². The molecule has 84 valence electrons. The number of nitrogens with zero attached hydrogens (tertiary/aromatic N) is 1. The Kier molecular flexibility index (Phi) is 3.77. The third kappa shape index (κ3) is 3.49. The molecule has 0 unspecified atom stereocenters. The predicted molar refractivity (Wildman–Crippen MR) is 56.3 cm³/mol. The molecule has 0 aromatic carbocycles. The van der Waals surface area contributed by atoms with E-state index in [1.54, 1.807) is 0 Å². The molecule has 0 aliphatic carbocycles. The van der Waals surface area contributed by atoms with Crippen molar-refractivity contribution in [2.45, 2.75) is 19.8 Å². The van der Waals surface area contributed by atoms with Gasteiger partial charge in [-0.1, -0.05) is 0 Å². The summed E-state index contributed by atoms with van der Waals surface area (Å²) in [6, 6.07) is 1.47. The molecule has 0 atom stereocenters. The van der Waals surface area contributed by atoms with E-state index in [4.69, 9.17) is 5.73 Å². The van der Waals surface area contributed by atoms with E-state index in [0.29, 0.717) is 9.26 Å². The number of aromatic nitrogens is 1. The second kappa shape index (κ2) is 4.52. The number of hydrogen-bond acceptors (Lipinski definition) is 3. The highest BCUT2D eigenvalue weighted by atomic mass is 127. The van der Waals surface area contributed by atoms with Crippen molar-refractivity contribution in [3.05, 3.63) is 21.0 Å². The topological polar surface area (TPSA) is 48.1 Å². The molecule has 0 fully saturated rings. The smallest absolute Gasteiger partial charge is 0.403 e. The Morgan fingerprint density at radius 2 is 2.13 bits per heavy atom. The maximum atomic E-state index is 12.0. The lowest BCUT2D eigenvalue weighted by atomic mass is 10.2. The quantitative estimate of drug-likeness (QED) is 0.668. The molecule has 1 aromatic heterocycles. The lowest BCUT2D eigenvalue weighted by molar-refractivity contribution is -0.275. The summed E-state index contributed by atoms with van der Waals surface area (Å²) in [5, 5.41) is 0. The van der Waals surface area contributed by atoms with Crippen LogP contribution in [-0.2, 0) is 6.54 Å². The molecule has 2 N–H and O–H groups in total. The van der Waals surface area contributed by atoms with Crippen molar-refractivity contribution in [1.82, 2.24) is 4.98 Å². The molecular formula is C8H8F3IN2O. The van der Waals surface area contributed by atoms with Gasteiger partial charge in [0.15, 0.2) is 5.75 Å². The monoisotopic (exact) mass is 332 g/mol.